The average Bonchev–Trinajstić information content (AvgIpc) is 2.34. The highest BCUT2D eigenvalue weighted by molar-refractivity contribution is 5.77. The van der Waals surface area contributed by atoms with E-state index in [0.717, 1.165) is 5.56 Å². The molecule has 4 nitrogen and oxygen atoms in total. The van der Waals surface area contributed by atoms with Gasteiger partial charge in [0.2, 0.25) is 0 Å². The first kappa shape index (κ1) is 13.9. The zero-order valence-corrected chi connectivity index (χ0v) is 11.4. The maximum Gasteiger partial charge on any atom is 0.258 e. The summed E-state index contributed by atoms with van der Waals surface area (Å²) >= 11 is 0. The summed E-state index contributed by atoms with van der Waals surface area (Å²) in [5.41, 5.74) is 6.54. The SMILES string of the molecule is CC(NC(=O)COc1ccccc1CN)C1CCC1. The third-order valence-corrected chi connectivity index (χ3v) is 3.80. The molecule has 1 aromatic rings. The average molecular weight is 262 g/mol. The summed E-state index contributed by atoms with van der Waals surface area (Å²) in [4.78, 5) is 11.8. The Kier molecular flexibility index (Phi) is 4.80. The zero-order chi connectivity index (χ0) is 13.7. The molecule has 1 amide bonds. The van der Waals surface area contributed by atoms with Gasteiger partial charge < -0.3 is 15.8 Å². The number of nitrogens with two attached hydrogens (primary N) is 1. The van der Waals surface area contributed by atoms with Crippen LogP contribution in [0.25, 0.3) is 0 Å². The van der Waals surface area contributed by atoms with Crippen molar-refractivity contribution in [1.82, 2.24) is 5.32 Å². The lowest BCUT2D eigenvalue weighted by Crippen LogP contribution is -2.42. The minimum atomic E-state index is -0.0637. The van der Waals surface area contributed by atoms with Crippen molar-refractivity contribution in [3.63, 3.8) is 0 Å². The third kappa shape index (κ3) is 3.70. The van der Waals surface area contributed by atoms with Gasteiger partial charge in [0.15, 0.2) is 6.61 Å². The number of nitrogens with one attached hydrogen (secondary N) is 1. The van der Waals surface area contributed by atoms with Crippen LogP contribution >= 0.6 is 0 Å². The molecule has 1 aliphatic rings. The fourth-order valence-corrected chi connectivity index (χ4v) is 2.31. The predicted octanol–water partition coefficient (Wildman–Crippen LogP) is 1.83. The van der Waals surface area contributed by atoms with Gasteiger partial charge in [-0.05, 0) is 31.7 Å². The molecule has 1 aliphatic carbocycles. The number of ether oxygens (including phenoxy) is 1. The second-order valence-corrected chi connectivity index (χ2v) is 5.15. The van der Waals surface area contributed by atoms with E-state index in [2.05, 4.69) is 12.2 Å². The summed E-state index contributed by atoms with van der Waals surface area (Å²) in [5, 5.41) is 2.99. The van der Waals surface area contributed by atoms with Gasteiger partial charge in [0.05, 0.1) is 0 Å². The minimum absolute atomic E-state index is 0.0497. The van der Waals surface area contributed by atoms with Crippen LogP contribution in [-0.2, 0) is 11.3 Å². The molecule has 2 rings (SSSR count). The van der Waals surface area contributed by atoms with Gasteiger partial charge in [0.1, 0.15) is 5.75 Å². The van der Waals surface area contributed by atoms with Crippen LogP contribution in [0.15, 0.2) is 24.3 Å². The molecule has 0 saturated heterocycles. The number of hydrogen-bond acceptors (Lipinski definition) is 3. The highest BCUT2D eigenvalue weighted by Crippen LogP contribution is 2.29. The van der Waals surface area contributed by atoms with E-state index in [1.165, 1.54) is 19.3 Å². The summed E-state index contributed by atoms with van der Waals surface area (Å²) in [6, 6.07) is 7.78. The van der Waals surface area contributed by atoms with Crippen LogP contribution in [0, 0.1) is 5.92 Å². The number of rotatable bonds is 6. The van der Waals surface area contributed by atoms with E-state index in [9.17, 15) is 4.79 Å². The molecule has 1 aromatic carbocycles. The quantitative estimate of drug-likeness (QED) is 0.822. The molecule has 4 heteroatoms. The van der Waals surface area contributed by atoms with Crippen LogP contribution in [0.4, 0.5) is 0 Å². The summed E-state index contributed by atoms with van der Waals surface area (Å²) in [6.07, 6.45) is 3.72. The second-order valence-electron chi connectivity index (χ2n) is 5.15. The monoisotopic (exact) mass is 262 g/mol. The van der Waals surface area contributed by atoms with Crippen molar-refractivity contribution in [2.45, 2.75) is 38.8 Å². The van der Waals surface area contributed by atoms with Crippen LogP contribution in [0.3, 0.4) is 0 Å². The Morgan fingerprint density at radius 1 is 1.47 bits per heavy atom. The topological polar surface area (TPSA) is 64.3 Å². The smallest absolute Gasteiger partial charge is 0.258 e. The van der Waals surface area contributed by atoms with Crippen LogP contribution in [0.1, 0.15) is 31.7 Å². The van der Waals surface area contributed by atoms with Crippen molar-refractivity contribution in [2.75, 3.05) is 6.61 Å². The Morgan fingerprint density at radius 3 is 2.84 bits per heavy atom. The minimum Gasteiger partial charge on any atom is -0.483 e. The number of para-hydroxylation sites is 1. The summed E-state index contributed by atoms with van der Waals surface area (Å²) < 4.78 is 5.53. The van der Waals surface area contributed by atoms with Gasteiger partial charge in [0.25, 0.3) is 5.91 Å². The Morgan fingerprint density at radius 2 is 2.21 bits per heavy atom. The van der Waals surface area contributed by atoms with Gasteiger partial charge in [-0.25, -0.2) is 0 Å². The molecular weight excluding hydrogens is 240 g/mol. The van der Waals surface area contributed by atoms with Crippen molar-refractivity contribution >= 4 is 5.91 Å². The Labute approximate surface area is 114 Å². The lowest BCUT2D eigenvalue weighted by molar-refractivity contribution is -0.124. The molecule has 0 bridgehead atoms. The maximum absolute atomic E-state index is 11.8. The maximum atomic E-state index is 11.8. The largest absolute Gasteiger partial charge is 0.483 e. The van der Waals surface area contributed by atoms with Gasteiger partial charge in [-0.1, -0.05) is 24.6 Å². The summed E-state index contributed by atoms with van der Waals surface area (Å²) in [6.45, 7) is 2.53. The van der Waals surface area contributed by atoms with Gasteiger partial charge in [-0.3, -0.25) is 4.79 Å². The van der Waals surface area contributed by atoms with E-state index in [4.69, 9.17) is 10.5 Å². The van der Waals surface area contributed by atoms with Gasteiger partial charge in [0, 0.05) is 18.2 Å². The molecule has 1 saturated carbocycles. The first-order valence-corrected chi connectivity index (χ1v) is 6.91. The molecule has 0 spiro atoms. The molecule has 1 fully saturated rings. The molecular formula is C15H22N2O2. The number of carbonyl (C=O) groups is 1. The number of amides is 1. The molecule has 0 heterocycles. The zero-order valence-electron chi connectivity index (χ0n) is 11.4. The third-order valence-electron chi connectivity index (χ3n) is 3.80. The van der Waals surface area contributed by atoms with Crippen molar-refractivity contribution in [3.05, 3.63) is 29.8 Å². The van der Waals surface area contributed by atoms with Gasteiger partial charge in [-0.2, -0.15) is 0 Å². The molecule has 3 N–H and O–H groups in total. The number of carbonyl (C=O) groups excluding carboxylic acids is 1. The number of benzene rings is 1. The molecule has 0 radical (unpaired) electrons. The lowest BCUT2D eigenvalue weighted by atomic mass is 9.80. The van der Waals surface area contributed by atoms with Crippen molar-refractivity contribution in [1.29, 1.82) is 0 Å². The lowest BCUT2D eigenvalue weighted by Gasteiger charge is -2.31. The van der Waals surface area contributed by atoms with Crippen LogP contribution in [0.2, 0.25) is 0 Å². The first-order valence-electron chi connectivity index (χ1n) is 6.91. The van der Waals surface area contributed by atoms with Gasteiger partial charge in [-0.15, -0.1) is 0 Å². The molecule has 0 aliphatic heterocycles. The Bertz CT molecular complexity index is 430. The predicted molar refractivity (Wildman–Crippen MR) is 74.8 cm³/mol. The standard InChI is InChI=1S/C15H22N2O2/c1-11(12-6-4-7-12)17-15(18)10-19-14-8-3-2-5-13(14)9-16/h2-3,5,8,11-12H,4,6-7,9-10,16H2,1H3,(H,17,18). The molecule has 0 aromatic heterocycles. The van der Waals surface area contributed by atoms with Crippen molar-refractivity contribution in [2.24, 2.45) is 11.7 Å². The van der Waals surface area contributed by atoms with E-state index in [1.54, 1.807) is 0 Å². The van der Waals surface area contributed by atoms with E-state index in [0.29, 0.717) is 18.2 Å². The van der Waals surface area contributed by atoms with E-state index >= 15 is 0 Å². The Balaban J connectivity index is 1.79. The van der Waals surface area contributed by atoms with E-state index < -0.39 is 0 Å². The first-order chi connectivity index (χ1) is 9.20. The van der Waals surface area contributed by atoms with Crippen molar-refractivity contribution < 1.29 is 9.53 Å². The highest BCUT2D eigenvalue weighted by atomic mass is 16.5. The van der Waals surface area contributed by atoms with Crippen LogP contribution < -0.4 is 15.8 Å². The fourth-order valence-electron chi connectivity index (χ4n) is 2.31. The molecule has 1 atom stereocenters. The van der Waals surface area contributed by atoms with Gasteiger partial charge >= 0.3 is 0 Å². The van der Waals surface area contributed by atoms with Crippen molar-refractivity contribution in [3.8, 4) is 5.75 Å². The highest BCUT2D eigenvalue weighted by Gasteiger charge is 2.24. The molecule has 104 valence electrons. The normalized spacial score (nSPS) is 16.5. The molecule has 1 unspecified atom stereocenters. The number of hydrogen-bond donors (Lipinski definition) is 2. The van der Waals surface area contributed by atoms with E-state index in [-0.39, 0.29) is 18.6 Å². The molecule has 19 heavy (non-hydrogen) atoms. The fraction of sp³-hybridized carbons (Fsp3) is 0.533. The Hall–Kier alpha value is -1.55. The van der Waals surface area contributed by atoms with Crippen LogP contribution in [0.5, 0.6) is 5.75 Å². The summed E-state index contributed by atoms with van der Waals surface area (Å²) in [7, 11) is 0. The second kappa shape index (κ2) is 6.57. The van der Waals surface area contributed by atoms with E-state index in [1.807, 2.05) is 24.3 Å². The summed E-state index contributed by atoms with van der Waals surface area (Å²) in [5.74, 6) is 1.27. The van der Waals surface area contributed by atoms with Crippen LogP contribution in [-0.4, -0.2) is 18.6 Å².